The summed E-state index contributed by atoms with van der Waals surface area (Å²) in [5.74, 6) is -1.43. The summed E-state index contributed by atoms with van der Waals surface area (Å²) in [7, 11) is 1.75. The van der Waals surface area contributed by atoms with Crippen molar-refractivity contribution < 1.29 is 13.2 Å². The van der Waals surface area contributed by atoms with E-state index >= 15 is 0 Å². The Kier molecular flexibility index (Phi) is 4.02. The van der Waals surface area contributed by atoms with Crippen LogP contribution in [0, 0.1) is 24.4 Å². The van der Waals surface area contributed by atoms with Crippen LogP contribution >= 0.6 is 0 Å². The van der Waals surface area contributed by atoms with E-state index in [1.807, 2.05) is 0 Å². The molecule has 4 rings (SSSR count). The van der Waals surface area contributed by atoms with Crippen LogP contribution in [-0.4, -0.2) is 19.5 Å². The molecule has 0 atom stereocenters. The van der Waals surface area contributed by atoms with Gasteiger partial charge in [0.2, 0.25) is 0 Å². The third-order valence-electron chi connectivity index (χ3n) is 4.20. The molecule has 0 saturated heterocycles. The van der Waals surface area contributed by atoms with Gasteiger partial charge in [-0.25, -0.2) is 28.1 Å². The lowest BCUT2D eigenvalue weighted by atomic mass is 10.1. The molecule has 0 aliphatic carbocycles. The second-order valence-electron chi connectivity index (χ2n) is 6.10. The molecule has 0 saturated carbocycles. The minimum Gasteiger partial charge on any atom is -0.333 e. The summed E-state index contributed by atoms with van der Waals surface area (Å²) < 4.78 is 43.2. The minimum absolute atomic E-state index is 0.156. The lowest BCUT2D eigenvalue weighted by Crippen LogP contribution is -2.04. The van der Waals surface area contributed by atoms with Gasteiger partial charge in [-0.3, -0.25) is 0 Å². The van der Waals surface area contributed by atoms with Crippen molar-refractivity contribution >= 4 is 22.7 Å². The van der Waals surface area contributed by atoms with E-state index in [0.717, 1.165) is 12.1 Å². The molecule has 0 unspecified atom stereocenters. The number of nitrogens with one attached hydrogen (secondary N) is 1. The van der Waals surface area contributed by atoms with Gasteiger partial charge in [0.25, 0.3) is 0 Å². The molecule has 0 spiro atoms. The molecule has 136 valence electrons. The van der Waals surface area contributed by atoms with Gasteiger partial charge in [0.1, 0.15) is 23.1 Å². The minimum atomic E-state index is -0.753. The molecule has 0 bridgehead atoms. The van der Waals surface area contributed by atoms with Gasteiger partial charge in [-0.15, -0.1) is 0 Å². The first-order valence-corrected chi connectivity index (χ1v) is 8.10. The number of anilines is 2. The van der Waals surface area contributed by atoms with E-state index in [9.17, 15) is 13.2 Å². The van der Waals surface area contributed by atoms with Crippen LogP contribution in [0.15, 0.2) is 42.7 Å². The van der Waals surface area contributed by atoms with E-state index in [2.05, 4.69) is 20.3 Å². The largest absolute Gasteiger partial charge is 0.333 e. The number of hydrogen-bond donors (Lipinski definition) is 1. The van der Waals surface area contributed by atoms with E-state index in [4.69, 9.17) is 0 Å². The fourth-order valence-corrected chi connectivity index (χ4v) is 2.83. The average molecular weight is 369 g/mol. The van der Waals surface area contributed by atoms with Crippen molar-refractivity contribution in [1.82, 2.24) is 19.5 Å². The second kappa shape index (κ2) is 6.39. The van der Waals surface area contributed by atoms with E-state index in [1.54, 1.807) is 24.6 Å². The third kappa shape index (κ3) is 2.99. The number of fused-ring (bicyclic) bond motifs is 1. The number of rotatable bonds is 3. The molecular weight excluding hydrogens is 355 g/mol. The SMILES string of the molecule is Cc1cc(F)ccc1-c1nc(Nc2c(F)cccc2F)c2ncn(C)c2n1. The van der Waals surface area contributed by atoms with Crippen LogP contribution in [0.4, 0.5) is 24.7 Å². The van der Waals surface area contributed by atoms with Crippen molar-refractivity contribution in [1.29, 1.82) is 0 Å². The molecule has 2 heterocycles. The maximum absolute atomic E-state index is 14.1. The summed E-state index contributed by atoms with van der Waals surface area (Å²) >= 11 is 0. The average Bonchev–Trinajstić information content (AvgIpc) is 2.99. The number of halogens is 3. The highest BCUT2D eigenvalue weighted by atomic mass is 19.1. The quantitative estimate of drug-likeness (QED) is 0.578. The summed E-state index contributed by atoms with van der Waals surface area (Å²) in [6.07, 6.45) is 1.53. The van der Waals surface area contributed by atoms with Crippen LogP contribution in [0.25, 0.3) is 22.6 Å². The fourth-order valence-electron chi connectivity index (χ4n) is 2.83. The highest BCUT2D eigenvalue weighted by Crippen LogP contribution is 2.29. The molecule has 8 heteroatoms. The summed E-state index contributed by atoms with van der Waals surface area (Å²) in [6, 6.07) is 7.81. The molecule has 1 N–H and O–H groups in total. The van der Waals surface area contributed by atoms with E-state index in [-0.39, 0.29) is 17.3 Å². The van der Waals surface area contributed by atoms with Crippen molar-refractivity contribution in [2.45, 2.75) is 6.92 Å². The van der Waals surface area contributed by atoms with Crippen LogP contribution in [0.5, 0.6) is 0 Å². The summed E-state index contributed by atoms with van der Waals surface area (Å²) in [5.41, 5.74) is 1.76. The van der Waals surface area contributed by atoms with Crippen LogP contribution in [-0.2, 0) is 7.05 Å². The summed E-state index contributed by atoms with van der Waals surface area (Å²) in [6.45, 7) is 1.73. The smallest absolute Gasteiger partial charge is 0.165 e. The zero-order chi connectivity index (χ0) is 19.1. The Bertz CT molecular complexity index is 1150. The number of hydrogen-bond acceptors (Lipinski definition) is 4. The Labute approximate surface area is 152 Å². The van der Waals surface area contributed by atoms with E-state index < -0.39 is 11.6 Å². The molecule has 0 amide bonds. The Hall–Kier alpha value is -3.42. The van der Waals surface area contributed by atoms with Gasteiger partial charge in [0.05, 0.1) is 6.33 Å². The van der Waals surface area contributed by atoms with Gasteiger partial charge in [0.15, 0.2) is 22.8 Å². The van der Waals surface area contributed by atoms with E-state index in [0.29, 0.717) is 28.1 Å². The lowest BCUT2D eigenvalue weighted by Gasteiger charge is -2.11. The van der Waals surface area contributed by atoms with Crippen molar-refractivity contribution in [3.63, 3.8) is 0 Å². The Balaban J connectivity index is 1.92. The summed E-state index contributed by atoms with van der Waals surface area (Å²) in [5, 5.41) is 2.69. The molecular formula is C19H14F3N5. The van der Waals surface area contributed by atoms with Gasteiger partial charge in [-0.2, -0.15) is 0 Å². The van der Waals surface area contributed by atoms with Crippen molar-refractivity contribution in [2.75, 3.05) is 5.32 Å². The predicted molar refractivity (Wildman–Crippen MR) is 96.1 cm³/mol. The molecule has 4 aromatic rings. The van der Waals surface area contributed by atoms with Gasteiger partial charge in [-0.05, 0) is 42.8 Å². The molecule has 0 aliphatic heterocycles. The van der Waals surface area contributed by atoms with Crippen LogP contribution in [0.1, 0.15) is 5.56 Å². The number of para-hydroxylation sites is 1. The fraction of sp³-hybridized carbons (Fsp3) is 0.105. The van der Waals surface area contributed by atoms with Crippen molar-refractivity contribution in [3.8, 4) is 11.4 Å². The Morgan fingerprint density at radius 2 is 1.74 bits per heavy atom. The topological polar surface area (TPSA) is 55.6 Å². The predicted octanol–water partition coefficient (Wildman–Crippen LogP) is 4.50. The number of nitrogens with zero attached hydrogens (tertiary/aromatic N) is 4. The molecule has 2 aromatic heterocycles. The molecule has 27 heavy (non-hydrogen) atoms. The van der Waals surface area contributed by atoms with Gasteiger partial charge in [0, 0.05) is 12.6 Å². The normalized spacial score (nSPS) is 11.1. The highest BCUT2D eigenvalue weighted by Gasteiger charge is 2.17. The third-order valence-corrected chi connectivity index (χ3v) is 4.20. The first kappa shape index (κ1) is 17.0. The first-order chi connectivity index (χ1) is 12.9. The molecule has 0 aliphatic rings. The van der Waals surface area contributed by atoms with Crippen molar-refractivity contribution in [2.24, 2.45) is 7.05 Å². The Morgan fingerprint density at radius 3 is 2.44 bits per heavy atom. The zero-order valence-electron chi connectivity index (χ0n) is 14.5. The van der Waals surface area contributed by atoms with Crippen LogP contribution in [0.3, 0.4) is 0 Å². The number of benzene rings is 2. The standard InChI is InChI=1S/C19H14F3N5/c1-10-8-11(20)6-7-12(10)17-25-18(16-19(26-17)27(2)9-23-16)24-15-13(21)4-3-5-14(15)22/h3-9H,1-2H3,(H,24,25,26). The number of aryl methyl sites for hydroxylation is 2. The van der Waals surface area contributed by atoms with E-state index in [1.165, 1.54) is 24.5 Å². The maximum Gasteiger partial charge on any atom is 0.165 e. The highest BCUT2D eigenvalue weighted by molar-refractivity contribution is 5.87. The Morgan fingerprint density at radius 1 is 1.00 bits per heavy atom. The lowest BCUT2D eigenvalue weighted by molar-refractivity contribution is 0.590. The van der Waals surface area contributed by atoms with Gasteiger partial charge < -0.3 is 9.88 Å². The van der Waals surface area contributed by atoms with Crippen LogP contribution in [0.2, 0.25) is 0 Å². The summed E-state index contributed by atoms with van der Waals surface area (Å²) in [4.78, 5) is 13.1. The van der Waals surface area contributed by atoms with Crippen molar-refractivity contribution in [3.05, 3.63) is 65.7 Å². The monoisotopic (exact) mass is 369 g/mol. The maximum atomic E-state index is 14.1. The van der Waals surface area contributed by atoms with Crippen LogP contribution < -0.4 is 5.32 Å². The molecule has 2 aromatic carbocycles. The zero-order valence-corrected chi connectivity index (χ0v) is 14.5. The molecule has 5 nitrogen and oxygen atoms in total. The van der Waals surface area contributed by atoms with Gasteiger partial charge >= 0.3 is 0 Å². The second-order valence-corrected chi connectivity index (χ2v) is 6.10. The van der Waals surface area contributed by atoms with Gasteiger partial charge in [-0.1, -0.05) is 6.07 Å². The molecule has 0 radical (unpaired) electrons. The first-order valence-electron chi connectivity index (χ1n) is 8.10. The number of imidazole rings is 1. The number of aromatic nitrogens is 4. The molecule has 0 fully saturated rings.